The molecule has 0 aromatic heterocycles. The van der Waals surface area contributed by atoms with Crippen LogP contribution in [0, 0.1) is 23.0 Å². The second-order valence-electron chi connectivity index (χ2n) is 10.5. The van der Waals surface area contributed by atoms with Gasteiger partial charge >= 0.3 is 0 Å². The average Bonchev–Trinajstić information content (AvgIpc) is 2.96. The third-order valence-electron chi connectivity index (χ3n) is 6.75. The first-order chi connectivity index (χ1) is 20.6. The number of nitrogens with one attached hydrogen (secondary N) is 1. The van der Waals surface area contributed by atoms with Crippen molar-refractivity contribution in [1.82, 2.24) is 10.2 Å². The molecule has 0 spiro atoms. The second kappa shape index (κ2) is 14.9. The Morgan fingerprint density at radius 2 is 1.80 bits per heavy atom. The summed E-state index contributed by atoms with van der Waals surface area (Å²) in [5.74, 6) is -0.862. The summed E-state index contributed by atoms with van der Waals surface area (Å²) < 4.78 is 35.3. The third kappa shape index (κ3) is 8.48. The summed E-state index contributed by atoms with van der Waals surface area (Å²) in [5.41, 5.74) is 0.497. The number of methoxy groups -OCH3 is 1. The number of carbonyl (C=O) groups is 2. The first-order valence-electron chi connectivity index (χ1n) is 13.6. The number of amides is 2. The van der Waals surface area contributed by atoms with Gasteiger partial charge in [-0.05, 0) is 61.7 Å². The lowest BCUT2D eigenvalue weighted by molar-refractivity contribution is -0.385. The lowest BCUT2D eigenvalue weighted by Crippen LogP contribution is -2.51. The van der Waals surface area contributed by atoms with Crippen molar-refractivity contribution in [1.29, 1.82) is 0 Å². The molecule has 0 unspecified atom stereocenters. The van der Waals surface area contributed by atoms with Crippen LogP contribution in [0.4, 0.5) is 11.4 Å². The zero-order valence-electron chi connectivity index (χ0n) is 24.9. The third-order valence-corrected chi connectivity index (χ3v) is 9.23. The molecule has 3 aromatic rings. The van der Waals surface area contributed by atoms with Crippen molar-refractivity contribution in [2.45, 2.75) is 45.2 Å². The largest absolute Gasteiger partial charge is 0.495 e. The molecule has 3 aromatic carbocycles. The van der Waals surface area contributed by atoms with Gasteiger partial charge in [0.1, 0.15) is 18.3 Å². The number of rotatable bonds is 13. The number of nitro groups is 1. The first-order valence-corrected chi connectivity index (χ1v) is 16.2. The van der Waals surface area contributed by atoms with Gasteiger partial charge in [-0.1, -0.05) is 59.6 Å². The minimum atomic E-state index is -4.62. The maximum Gasteiger partial charge on any atom is 0.273 e. The predicted octanol–water partition coefficient (Wildman–Crippen LogP) is 5.71. The molecule has 0 saturated heterocycles. The molecule has 11 nitrogen and oxygen atoms in total. The van der Waals surface area contributed by atoms with Crippen LogP contribution in [0.3, 0.4) is 0 Å². The van der Waals surface area contributed by atoms with Crippen LogP contribution in [-0.2, 0) is 26.2 Å². The number of nitro benzene ring substituents is 1. The number of halogens is 2. The number of nitrogens with zero attached hydrogens (tertiary/aromatic N) is 3. The minimum absolute atomic E-state index is 0.00882. The van der Waals surface area contributed by atoms with Crippen LogP contribution in [0.1, 0.15) is 31.9 Å². The van der Waals surface area contributed by atoms with Gasteiger partial charge in [-0.15, -0.1) is 0 Å². The number of hydrogen-bond acceptors (Lipinski definition) is 7. The number of ether oxygens (including phenoxy) is 1. The number of benzene rings is 3. The summed E-state index contributed by atoms with van der Waals surface area (Å²) in [5, 5.41) is 14.6. The van der Waals surface area contributed by atoms with Gasteiger partial charge in [0.15, 0.2) is 0 Å². The summed E-state index contributed by atoms with van der Waals surface area (Å²) in [7, 11) is -3.29. The van der Waals surface area contributed by atoms with Gasteiger partial charge in [-0.2, -0.15) is 0 Å². The summed E-state index contributed by atoms with van der Waals surface area (Å²) >= 11 is 9.67. The Morgan fingerprint density at radius 1 is 1.09 bits per heavy atom. The van der Waals surface area contributed by atoms with E-state index in [0.29, 0.717) is 12.1 Å². The van der Waals surface area contributed by atoms with E-state index in [0.717, 1.165) is 14.8 Å². The molecule has 0 aliphatic heterocycles. The summed E-state index contributed by atoms with van der Waals surface area (Å²) in [6.07, 6.45) is 0. The van der Waals surface area contributed by atoms with Gasteiger partial charge < -0.3 is 15.0 Å². The SMILES string of the molecule is COc1ccc(Cl)cc1N(CC(=O)N(Cc1cccc(Br)c1)[C@@H](C)C(=O)NCC(C)C)S(=O)(=O)c1ccc(C)c([N+](=O)[O-])c1. The Labute approximate surface area is 270 Å². The Morgan fingerprint density at radius 3 is 2.41 bits per heavy atom. The smallest absolute Gasteiger partial charge is 0.273 e. The molecule has 0 bridgehead atoms. The molecule has 1 atom stereocenters. The van der Waals surface area contributed by atoms with Gasteiger partial charge in [-0.3, -0.25) is 24.0 Å². The number of aryl methyl sites for hydroxylation is 1. The molecule has 44 heavy (non-hydrogen) atoms. The summed E-state index contributed by atoms with van der Waals surface area (Å²) in [6.45, 7) is 6.53. The number of sulfonamides is 1. The van der Waals surface area contributed by atoms with E-state index in [-0.39, 0.29) is 34.5 Å². The van der Waals surface area contributed by atoms with Crippen LogP contribution >= 0.6 is 27.5 Å². The monoisotopic (exact) mass is 708 g/mol. The van der Waals surface area contributed by atoms with E-state index < -0.39 is 49.9 Å². The van der Waals surface area contributed by atoms with E-state index in [2.05, 4.69) is 21.2 Å². The molecule has 0 aliphatic rings. The topological polar surface area (TPSA) is 139 Å². The highest BCUT2D eigenvalue weighted by atomic mass is 79.9. The minimum Gasteiger partial charge on any atom is -0.495 e. The standard InChI is InChI=1S/C30H34BrClN4O7S/c1-19(2)16-33-30(38)21(4)34(17-22-7-6-8-23(31)13-22)29(37)18-35(27-14-24(32)10-12-28(27)43-5)44(41,42)25-11-9-20(3)26(15-25)36(39)40/h6-15,19,21H,16-18H2,1-5H3,(H,33,38)/t21-/m0/s1. The molecular weight excluding hydrogens is 676 g/mol. The van der Waals surface area contributed by atoms with Crippen molar-refractivity contribution in [3.8, 4) is 5.75 Å². The molecule has 0 saturated carbocycles. The van der Waals surface area contributed by atoms with Crippen molar-refractivity contribution >= 4 is 60.7 Å². The van der Waals surface area contributed by atoms with Crippen molar-refractivity contribution in [2.24, 2.45) is 5.92 Å². The molecule has 1 N–H and O–H groups in total. The maximum absolute atomic E-state index is 14.2. The fourth-order valence-corrected chi connectivity index (χ4v) is 6.36. The van der Waals surface area contributed by atoms with Crippen LogP contribution in [0.5, 0.6) is 5.75 Å². The van der Waals surface area contributed by atoms with Crippen molar-refractivity contribution in [3.05, 3.63) is 91.4 Å². The second-order valence-corrected chi connectivity index (χ2v) is 13.7. The Hall–Kier alpha value is -3.68. The fourth-order valence-electron chi connectivity index (χ4n) is 4.31. The van der Waals surface area contributed by atoms with Crippen molar-refractivity contribution in [2.75, 3.05) is 24.5 Å². The van der Waals surface area contributed by atoms with E-state index in [1.807, 2.05) is 19.9 Å². The van der Waals surface area contributed by atoms with Gasteiger partial charge in [0.25, 0.3) is 15.7 Å². The Balaban J connectivity index is 2.15. The molecule has 236 valence electrons. The molecular formula is C30H34BrClN4O7S. The van der Waals surface area contributed by atoms with E-state index in [4.69, 9.17) is 16.3 Å². The van der Waals surface area contributed by atoms with Crippen LogP contribution in [0.15, 0.2) is 70.0 Å². The quantitative estimate of drug-likeness (QED) is 0.177. The molecule has 0 radical (unpaired) electrons. The van der Waals surface area contributed by atoms with E-state index in [1.54, 1.807) is 25.1 Å². The van der Waals surface area contributed by atoms with Gasteiger partial charge in [0.05, 0.1) is 22.6 Å². The molecule has 0 heterocycles. The van der Waals surface area contributed by atoms with Crippen LogP contribution in [0.2, 0.25) is 5.02 Å². The Bertz CT molecular complexity index is 1650. The lowest BCUT2D eigenvalue weighted by atomic mass is 10.1. The van der Waals surface area contributed by atoms with Crippen LogP contribution in [-0.4, -0.2) is 56.3 Å². The highest BCUT2D eigenvalue weighted by molar-refractivity contribution is 9.10. The predicted molar refractivity (Wildman–Crippen MR) is 172 cm³/mol. The number of anilines is 1. The van der Waals surface area contributed by atoms with E-state index >= 15 is 0 Å². The van der Waals surface area contributed by atoms with E-state index in [9.17, 15) is 28.1 Å². The maximum atomic E-state index is 14.2. The van der Waals surface area contributed by atoms with Crippen LogP contribution in [0.25, 0.3) is 0 Å². The molecule has 0 fully saturated rings. The number of carbonyl (C=O) groups excluding carboxylic acids is 2. The van der Waals surface area contributed by atoms with E-state index in [1.165, 1.54) is 49.3 Å². The molecule has 3 rings (SSSR count). The van der Waals surface area contributed by atoms with Crippen molar-refractivity contribution in [3.63, 3.8) is 0 Å². The molecule has 14 heteroatoms. The first kappa shape index (κ1) is 34.8. The number of hydrogen-bond donors (Lipinski definition) is 1. The van der Waals surface area contributed by atoms with Gasteiger partial charge in [-0.25, -0.2) is 8.42 Å². The van der Waals surface area contributed by atoms with Gasteiger partial charge in [0, 0.05) is 34.2 Å². The normalized spacial score (nSPS) is 12.0. The highest BCUT2D eigenvalue weighted by Crippen LogP contribution is 2.36. The lowest BCUT2D eigenvalue weighted by Gasteiger charge is -2.32. The van der Waals surface area contributed by atoms with Gasteiger partial charge in [0.2, 0.25) is 11.8 Å². The molecule has 0 aliphatic carbocycles. The van der Waals surface area contributed by atoms with Crippen molar-refractivity contribution < 1.29 is 27.7 Å². The highest BCUT2D eigenvalue weighted by Gasteiger charge is 2.35. The Kier molecular flexibility index (Phi) is 11.8. The average molecular weight is 710 g/mol. The van der Waals surface area contributed by atoms with Crippen LogP contribution < -0.4 is 14.4 Å². The summed E-state index contributed by atoms with van der Waals surface area (Å²) in [6, 6.07) is 13.9. The summed E-state index contributed by atoms with van der Waals surface area (Å²) in [4.78, 5) is 39.1. The zero-order chi connectivity index (χ0) is 32.8. The molecule has 2 amide bonds. The zero-order valence-corrected chi connectivity index (χ0v) is 28.1. The fraction of sp³-hybridized carbons (Fsp3) is 0.333.